The third kappa shape index (κ3) is 2.80. The minimum Gasteiger partial charge on any atom is -0.375 e. The van der Waals surface area contributed by atoms with E-state index in [0.717, 1.165) is 11.6 Å². The summed E-state index contributed by atoms with van der Waals surface area (Å²) in [6.07, 6.45) is 0.913. The number of hydrogen-bond donors (Lipinski definition) is 0. The first-order chi connectivity index (χ1) is 10.9. The van der Waals surface area contributed by atoms with Crippen LogP contribution in [0.15, 0.2) is 65.3 Å². The van der Waals surface area contributed by atoms with E-state index in [1.807, 2.05) is 6.92 Å². The van der Waals surface area contributed by atoms with Crippen molar-refractivity contribution in [3.05, 3.63) is 77.1 Å². The maximum atomic E-state index is 12.3. The zero-order valence-corrected chi connectivity index (χ0v) is 13.0. The summed E-state index contributed by atoms with van der Waals surface area (Å²) in [4.78, 5) is 24.2. The molecule has 1 aliphatic rings. The molecule has 1 aliphatic carbocycles. The highest BCUT2D eigenvalue weighted by atomic mass is 32.2. The summed E-state index contributed by atoms with van der Waals surface area (Å²) in [5.74, 6) is -1.58. The Bertz CT molecular complexity index is 937. The largest absolute Gasteiger partial charge is 0.375 e. The van der Waals surface area contributed by atoms with E-state index in [1.54, 1.807) is 24.3 Å². The van der Waals surface area contributed by atoms with Gasteiger partial charge in [-0.3, -0.25) is 9.59 Å². The Morgan fingerprint density at radius 1 is 0.870 bits per heavy atom. The second-order valence-electron chi connectivity index (χ2n) is 5.10. The molecule has 5 nitrogen and oxygen atoms in total. The minimum atomic E-state index is -4.18. The topological polar surface area (TPSA) is 77.5 Å². The van der Waals surface area contributed by atoms with Gasteiger partial charge in [0.1, 0.15) is 4.90 Å². The van der Waals surface area contributed by atoms with E-state index in [0.29, 0.717) is 0 Å². The van der Waals surface area contributed by atoms with Crippen LogP contribution >= 0.6 is 0 Å². The van der Waals surface area contributed by atoms with Crippen molar-refractivity contribution in [3.8, 4) is 0 Å². The first-order valence-corrected chi connectivity index (χ1v) is 8.20. The van der Waals surface area contributed by atoms with Crippen LogP contribution in [0.25, 0.3) is 0 Å². The molecule has 0 atom stereocenters. The van der Waals surface area contributed by atoms with Crippen molar-refractivity contribution < 1.29 is 22.2 Å². The van der Waals surface area contributed by atoms with Gasteiger partial charge in [0, 0.05) is 17.2 Å². The standard InChI is InChI=1S/C17H12O5S/c1-11-6-8-12(9-7-11)23(20,21)22-16-10-15(18)13-4-2-3-5-14(13)17(16)19/h2-10H,1H3. The summed E-state index contributed by atoms with van der Waals surface area (Å²) in [6.45, 7) is 1.82. The van der Waals surface area contributed by atoms with Crippen LogP contribution < -0.4 is 0 Å². The Morgan fingerprint density at radius 2 is 1.48 bits per heavy atom. The van der Waals surface area contributed by atoms with E-state index in [1.165, 1.54) is 24.3 Å². The molecule has 0 heterocycles. The number of fused-ring (bicyclic) bond motifs is 1. The fraction of sp³-hybridized carbons (Fsp3) is 0.0588. The van der Waals surface area contributed by atoms with Crippen LogP contribution in [0, 0.1) is 6.92 Å². The van der Waals surface area contributed by atoms with Crippen molar-refractivity contribution in [3.63, 3.8) is 0 Å². The Kier molecular flexibility index (Phi) is 3.61. The highest BCUT2D eigenvalue weighted by Gasteiger charge is 2.30. The third-order valence-corrected chi connectivity index (χ3v) is 4.68. The van der Waals surface area contributed by atoms with Gasteiger partial charge < -0.3 is 4.18 Å². The second kappa shape index (κ2) is 5.48. The number of ketones is 2. The summed E-state index contributed by atoms with van der Waals surface area (Å²) >= 11 is 0. The van der Waals surface area contributed by atoms with Gasteiger partial charge in [0.25, 0.3) is 0 Å². The molecular weight excluding hydrogens is 316 g/mol. The van der Waals surface area contributed by atoms with Crippen LogP contribution in [0.1, 0.15) is 26.3 Å². The maximum Gasteiger partial charge on any atom is 0.339 e. The number of rotatable bonds is 3. The van der Waals surface area contributed by atoms with Gasteiger partial charge in [-0.05, 0) is 19.1 Å². The molecule has 2 aromatic rings. The van der Waals surface area contributed by atoms with Crippen molar-refractivity contribution >= 4 is 21.7 Å². The highest BCUT2D eigenvalue weighted by Crippen LogP contribution is 2.25. The van der Waals surface area contributed by atoms with Gasteiger partial charge >= 0.3 is 10.1 Å². The van der Waals surface area contributed by atoms with Crippen molar-refractivity contribution in [2.24, 2.45) is 0 Å². The molecule has 116 valence electrons. The number of Topliss-reactive ketones (excluding diaryl/α,β-unsaturated/α-hetero) is 1. The van der Waals surface area contributed by atoms with Gasteiger partial charge in [-0.25, -0.2) is 0 Å². The number of carbonyl (C=O) groups excluding carboxylic acids is 2. The third-order valence-electron chi connectivity index (χ3n) is 3.43. The molecule has 0 radical (unpaired) electrons. The molecule has 0 aliphatic heterocycles. The summed E-state index contributed by atoms with van der Waals surface area (Å²) in [7, 11) is -4.18. The van der Waals surface area contributed by atoms with Crippen LogP contribution in [0.5, 0.6) is 0 Å². The monoisotopic (exact) mass is 328 g/mol. The Balaban J connectivity index is 1.96. The zero-order valence-electron chi connectivity index (χ0n) is 12.1. The average molecular weight is 328 g/mol. The molecule has 0 saturated heterocycles. The first-order valence-electron chi connectivity index (χ1n) is 6.79. The molecule has 0 aromatic heterocycles. The van der Waals surface area contributed by atoms with E-state index < -0.39 is 27.4 Å². The molecule has 0 amide bonds. The van der Waals surface area contributed by atoms with Crippen LogP contribution in [0.4, 0.5) is 0 Å². The van der Waals surface area contributed by atoms with Crippen molar-refractivity contribution in [2.75, 3.05) is 0 Å². The van der Waals surface area contributed by atoms with E-state index in [4.69, 9.17) is 4.18 Å². The number of carbonyl (C=O) groups is 2. The van der Waals surface area contributed by atoms with Gasteiger partial charge in [0.15, 0.2) is 11.5 Å². The Morgan fingerprint density at radius 3 is 2.13 bits per heavy atom. The highest BCUT2D eigenvalue weighted by molar-refractivity contribution is 7.86. The van der Waals surface area contributed by atoms with Gasteiger partial charge in [-0.1, -0.05) is 42.0 Å². The molecule has 0 N–H and O–H groups in total. The van der Waals surface area contributed by atoms with Crippen LogP contribution in [-0.4, -0.2) is 20.0 Å². The lowest BCUT2D eigenvalue weighted by Crippen LogP contribution is -2.20. The SMILES string of the molecule is Cc1ccc(S(=O)(=O)OC2=CC(=O)c3ccccc3C2=O)cc1. The molecule has 2 aromatic carbocycles. The summed E-state index contributed by atoms with van der Waals surface area (Å²) in [5, 5.41) is 0. The second-order valence-corrected chi connectivity index (χ2v) is 6.64. The average Bonchev–Trinajstić information content (AvgIpc) is 2.52. The number of aryl methyl sites for hydroxylation is 1. The summed E-state index contributed by atoms with van der Waals surface area (Å²) in [6, 6.07) is 12.2. The molecule has 0 unspecified atom stereocenters. The first kappa shape index (κ1) is 15.2. The molecule has 0 saturated carbocycles. The maximum absolute atomic E-state index is 12.3. The predicted octanol–water partition coefficient (Wildman–Crippen LogP) is 2.66. The van der Waals surface area contributed by atoms with E-state index in [2.05, 4.69) is 0 Å². The van der Waals surface area contributed by atoms with Gasteiger partial charge in [0.2, 0.25) is 5.78 Å². The summed E-state index contributed by atoms with van der Waals surface area (Å²) < 4.78 is 29.4. The van der Waals surface area contributed by atoms with Gasteiger partial charge in [-0.2, -0.15) is 8.42 Å². The molecule has 0 fully saturated rings. The quantitative estimate of drug-likeness (QED) is 0.810. The predicted molar refractivity (Wildman–Crippen MR) is 82.6 cm³/mol. The van der Waals surface area contributed by atoms with E-state index in [-0.39, 0.29) is 16.0 Å². The van der Waals surface area contributed by atoms with E-state index >= 15 is 0 Å². The van der Waals surface area contributed by atoms with Gasteiger partial charge in [0.05, 0.1) is 0 Å². The lowest BCUT2D eigenvalue weighted by molar-refractivity contribution is 0.0948. The van der Waals surface area contributed by atoms with Crippen LogP contribution in [0.3, 0.4) is 0 Å². The normalized spacial score (nSPS) is 14.2. The van der Waals surface area contributed by atoms with Crippen molar-refractivity contribution in [1.29, 1.82) is 0 Å². The molecule has 3 rings (SSSR count). The fourth-order valence-electron chi connectivity index (χ4n) is 2.22. The molecule has 6 heteroatoms. The van der Waals surface area contributed by atoms with Crippen molar-refractivity contribution in [2.45, 2.75) is 11.8 Å². The molecule has 0 bridgehead atoms. The fourth-order valence-corrected chi connectivity index (χ4v) is 3.15. The number of benzene rings is 2. The summed E-state index contributed by atoms with van der Waals surface area (Å²) in [5.41, 5.74) is 1.26. The lowest BCUT2D eigenvalue weighted by Gasteiger charge is -2.15. The smallest absolute Gasteiger partial charge is 0.339 e. The lowest BCUT2D eigenvalue weighted by atomic mass is 9.94. The molecule has 0 spiro atoms. The van der Waals surface area contributed by atoms with Gasteiger partial charge in [-0.15, -0.1) is 0 Å². The van der Waals surface area contributed by atoms with Crippen LogP contribution in [0.2, 0.25) is 0 Å². The number of allylic oxidation sites excluding steroid dienone is 2. The van der Waals surface area contributed by atoms with Crippen molar-refractivity contribution in [1.82, 2.24) is 0 Å². The zero-order chi connectivity index (χ0) is 16.6. The van der Waals surface area contributed by atoms with E-state index in [9.17, 15) is 18.0 Å². The number of hydrogen-bond acceptors (Lipinski definition) is 5. The Hall–Kier alpha value is -2.73. The Labute approximate surface area is 133 Å². The van der Waals surface area contributed by atoms with Crippen LogP contribution in [-0.2, 0) is 14.3 Å². The minimum absolute atomic E-state index is 0.0805. The molecule has 23 heavy (non-hydrogen) atoms. The molecular formula is C17H12O5S.